The van der Waals surface area contributed by atoms with Crippen molar-refractivity contribution in [3.63, 3.8) is 0 Å². The van der Waals surface area contributed by atoms with Gasteiger partial charge in [0.15, 0.2) is 0 Å². The molecule has 0 spiro atoms. The Morgan fingerprint density at radius 1 is 1.12 bits per heavy atom. The fraction of sp³-hybridized carbons (Fsp3) is 0.550. The Morgan fingerprint density at radius 2 is 1.83 bits per heavy atom. The van der Waals surface area contributed by atoms with Crippen LogP contribution in [0.5, 0.6) is 0 Å². The Kier molecular flexibility index (Phi) is 7.32. The molecule has 1 saturated heterocycles. The lowest BCUT2D eigenvalue weighted by Crippen LogP contribution is -2.27. The van der Waals surface area contributed by atoms with Crippen LogP contribution in [-0.4, -0.2) is 43.5 Å². The van der Waals surface area contributed by atoms with E-state index >= 15 is 0 Å². The van der Waals surface area contributed by atoms with E-state index in [0.717, 1.165) is 61.4 Å². The molecule has 1 amide bonds. The largest absolute Gasteiger partial charge is 0.372 e. The van der Waals surface area contributed by atoms with E-state index in [1.54, 1.807) is 0 Å². The summed E-state index contributed by atoms with van der Waals surface area (Å²) in [6, 6.07) is 6.04. The van der Waals surface area contributed by atoms with Crippen molar-refractivity contribution in [1.29, 1.82) is 0 Å². The summed E-state index contributed by atoms with van der Waals surface area (Å²) in [4.78, 5) is 14.7. The first-order chi connectivity index (χ1) is 11.6. The lowest BCUT2D eigenvalue weighted by atomic mass is 10.0. The summed E-state index contributed by atoms with van der Waals surface area (Å²) in [5, 5.41) is 6.36. The predicted octanol–water partition coefficient (Wildman–Crippen LogP) is 3.18. The average Bonchev–Trinajstić information content (AvgIpc) is 3.11. The topological polar surface area (TPSA) is 44.4 Å². The second-order valence-electron chi connectivity index (χ2n) is 6.59. The number of benzene rings is 1. The molecule has 0 aliphatic carbocycles. The molecule has 2 rings (SSSR count). The van der Waals surface area contributed by atoms with Crippen molar-refractivity contribution < 1.29 is 4.79 Å². The minimum absolute atomic E-state index is 0.00432. The van der Waals surface area contributed by atoms with Crippen molar-refractivity contribution in [3.05, 3.63) is 41.5 Å². The highest BCUT2D eigenvalue weighted by Crippen LogP contribution is 2.24. The van der Waals surface area contributed by atoms with E-state index in [0.29, 0.717) is 6.54 Å². The number of carbonyl (C=O) groups excluding carboxylic acids is 1. The van der Waals surface area contributed by atoms with E-state index in [1.165, 1.54) is 12.8 Å². The van der Waals surface area contributed by atoms with Crippen molar-refractivity contribution in [2.75, 3.05) is 32.7 Å². The quantitative estimate of drug-likeness (QED) is 0.684. The highest BCUT2D eigenvalue weighted by Gasteiger charge is 2.16. The van der Waals surface area contributed by atoms with Crippen molar-refractivity contribution in [2.45, 2.75) is 39.5 Å². The van der Waals surface area contributed by atoms with Gasteiger partial charge in [-0.3, -0.25) is 4.79 Å². The summed E-state index contributed by atoms with van der Waals surface area (Å²) < 4.78 is 0. The van der Waals surface area contributed by atoms with Crippen LogP contribution in [-0.2, 0) is 0 Å². The number of hydrogen-bond acceptors (Lipinski definition) is 3. The minimum atomic E-state index is 0.00432. The summed E-state index contributed by atoms with van der Waals surface area (Å²) in [5.41, 5.74) is 3.93. The lowest BCUT2D eigenvalue weighted by Gasteiger charge is -2.21. The number of amides is 1. The van der Waals surface area contributed by atoms with E-state index in [2.05, 4.69) is 35.1 Å². The predicted molar refractivity (Wildman–Crippen MR) is 101 cm³/mol. The fourth-order valence-corrected chi connectivity index (χ4v) is 3.07. The minimum Gasteiger partial charge on any atom is -0.372 e. The van der Waals surface area contributed by atoms with E-state index in [4.69, 9.17) is 0 Å². The molecule has 1 aliphatic heterocycles. The van der Waals surface area contributed by atoms with Gasteiger partial charge in [0.2, 0.25) is 0 Å². The number of carbonyl (C=O) groups is 1. The van der Waals surface area contributed by atoms with Crippen LogP contribution in [0.2, 0.25) is 0 Å². The molecule has 1 aromatic carbocycles. The van der Waals surface area contributed by atoms with E-state index in [1.807, 2.05) is 19.1 Å². The van der Waals surface area contributed by atoms with E-state index < -0.39 is 0 Å². The van der Waals surface area contributed by atoms with Gasteiger partial charge in [-0.15, -0.1) is 0 Å². The first kappa shape index (κ1) is 18.5. The van der Waals surface area contributed by atoms with Gasteiger partial charge in [-0.25, -0.2) is 0 Å². The second-order valence-corrected chi connectivity index (χ2v) is 6.59. The van der Waals surface area contributed by atoms with Crippen LogP contribution in [0.4, 0.5) is 0 Å². The molecule has 4 heteroatoms. The molecule has 2 N–H and O–H groups in total. The van der Waals surface area contributed by atoms with Crippen molar-refractivity contribution in [2.24, 2.45) is 0 Å². The zero-order valence-corrected chi connectivity index (χ0v) is 15.2. The van der Waals surface area contributed by atoms with Crippen LogP contribution in [0, 0.1) is 6.92 Å². The summed E-state index contributed by atoms with van der Waals surface area (Å²) in [7, 11) is 0. The molecule has 132 valence electrons. The van der Waals surface area contributed by atoms with Gasteiger partial charge < -0.3 is 15.5 Å². The Hall–Kier alpha value is -1.81. The van der Waals surface area contributed by atoms with E-state index in [9.17, 15) is 4.79 Å². The average molecular weight is 329 g/mol. The van der Waals surface area contributed by atoms with Crippen LogP contribution >= 0.6 is 0 Å². The smallest absolute Gasteiger partial charge is 0.251 e. The SMILES string of the molecule is C=C(c1cc(C)cc(C(=O)NCCCNCCC)c1)N1CCCC1. The Morgan fingerprint density at radius 3 is 2.54 bits per heavy atom. The number of aryl methyl sites for hydroxylation is 1. The van der Waals surface area contributed by atoms with Gasteiger partial charge in [0, 0.05) is 30.9 Å². The fourth-order valence-electron chi connectivity index (χ4n) is 3.07. The molecule has 1 aromatic rings. The molecule has 1 fully saturated rings. The Balaban J connectivity index is 1.92. The summed E-state index contributed by atoms with van der Waals surface area (Å²) in [5.74, 6) is 0.00432. The molecule has 0 atom stereocenters. The molecule has 1 heterocycles. The second kappa shape index (κ2) is 9.48. The third kappa shape index (κ3) is 5.38. The van der Waals surface area contributed by atoms with Gasteiger partial charge in [-0.1, -0.05) is 13.5 Å². The van der Waals surface area contributed by atoms with Gasteiger partial charge in [0.25, 0.3) is 5.91 Å². The van der Waals surface area contributed by atoms with Crippen LogP contribution in [0.3, 0.4) is 0 Å². The maximum atomic E-state index is 12.4. The number of rotatable bonds is 9. The molecule has 0 radical (unpaired) electrons. The Bertz CT molecular complexity index is 562. The molecule has 0 saturated carbocycles. The van der Waals surface area contributed by atoms with Gasteiger partial charge in [-0.05, 0) is 75.0 Å². The molecule has 0 aromatic heterocycles. The number of nitrogens with zero attached hydrogens (tertiary/aromatic N) is 1. The Labute approximate surface area is 146 Å². The molecule has 0 unspecified atom stereocenters. The summed E-state index contributed by atoms with van der Waals surface area (Å²) in [6.07, 6.45) is 4.54. The highest BCUT2D eigenvalue weighted by atomic mass is 16.1. The van der Waals surface area contributed by atoms with Crippen LogP contribution in [0.25, 0.3) is 5.70 Å². The summed E-state index contributed by atoms with van der Waals surface area (Å²) in [6.45, 7) is 13.2. The first-order valence-electron chi connectivity index (χ1n) is 9.16. The zero-order chi connectivity index (χ0) is 17.4. The number of likely N-dealkylation sites (tertiary alicyclic amines) is 1. The van der Waals surface area contributed by atoms with Gasteiger partial charge in [0.05, 0.1) is 0 Å². The molecular formula is C20H31N3O. The third-order valence-corrected chi connectivity index (χ3v) is 4.40. The number of nitrogens with one attached hydrogen (secondary N) is 2. The molecule has 0 bridgehead atoms. The van der Waals surface area contributed by atoms with Crippen LogP contribution < -0.4 is 10.6 Å². The standard InChI is InChI=1S/C20H31N3O/c1-4-8-21-9-7-10-22-20(24)19-14-16(2)13-18(15-19)17(3)23-11-5-6-12-23/h13-15,21H,3-12H2,1-2H3,(H,22,24). The van der Waals surface area contributed by atoms with Crippen molar-refractivity contribution in [3.8, 4) is 0 Å². The van der Waals surface area contributed by atoms with Gasteiger partial charge in [-0.2, -0.15) is 0 Å². The van der Waals surface area contributed by atoms with Gasteiger partial charge >= 0.3 is 0 Å². The van der Waals surface area contributed by atoms with Crippen LogP contribution in [0.15, 0.2) is 24.8 Å². The third-order valence-electron chi connectivity index (χ3n) is 4.40. The first-order valence-corrected chi connectivity index (χ1v) is 9.16. The van der Waals surface area contributed by atoms with E-state index in [-0.39, 0.29) is 5.91 Å². The maximum Gasteiger partial charge on any atom is 0.251 e. The van der Waals surface area contributed by atoms with Crippen molar-refractivity contribution in [1.82, 2.24) is 15.5 Å². The monoisotopic (exact) mass is 329 g/mol. The maximum absolute atomic E-state index is 12.4. The molecule has 1 aliphatic rings. The summed E-state index contributed by atoms with van der Waals surface area (Å²) >= 11 is 0. The molecule has 4 nitrogen and oxygen atoms in total. The zero-order valence-electron chi connectivity index (χ0n) is 15.2. The molecular weight excluding hydrogens is 298 g/mol. The van der Waals surface area contributed by atoms with Gasteiger partial charge in [0.1, 0.15) is 0 Å². The number of hydrogen-bond donors (Lipinski definition) is 2. The normalized spacial score (nSPS) is 14.0. The van der Waals surface area contributed by atoms with Crippen LogP contribution in [0.1, 0.15) is 54.1 Å². The highest BCUT2D eigenvalue weighted by molar-refractivity contribution is 5.95. The lowest BCUT2D eigenvalue weighted by molar-refractivity contribution is 0.0953. The van der Waals surface area contributed by atoms with Crippen molar-refractivity contribution >= 4 is 11.6 Å². The molecule has 24 heavy (non-hydrogen) atoms.